The minimum absolute atomic E-state index is 0.249. The number of benzene rings is 2. The van der Waals surface area contributed by atoms with Crippen LogP contribution in [0, 0.1) is 0 Å². The number of amides is 1. The number of hydrogen-bond donors (Lipinski definition) is 0. The molecule has 3 aromatic rings. The first-order chi connectivity index (χ1) is 13.0. The Hall–Kier alpha value is -2.82. The number of carbonyl (C=O) groups excluding carboxylic acids is 1. The lowest BCUT2D eigenvalue weighted by molar-refractivity contribution is -0.114. The van der Waals surface area contributed by atoms with E-state index in [0.717, 1.165) is 5.56 Å². The van der Waals surface area contributed by atoms with Crippen molar-refractivity contribution in [2.24, 2.45) is 5.10 Å². The monoisotopic (exact) mass is 396 g/mol. The number of nitrogens with zero attached hydrogens (tertiary/aromatic N) is 2. The molecule has 0 spiro atoms. The number of rotatable bonds is 3. The molecule has 4 rings (SSSR count). The Kier molecular flexibility index (Phi) is 4.60. The third-order valence-corrected chi connectivity index (χ3v) is 4.72. The molecular formula is C21H14Cl2N2O2. The molecule has 0 fully saturated rings. The summed E-state index contributed by atoms with van der Waals surface area (Å²) in [5.41, 5.74) is 2.47. The quantitative estimate of drug-likeness (QED) is 0.505. The summed E-state index contributed by atoms with van der Waals surface area (Å²) in [5.74, 6) is 0.984. The first kappa shape index (κ1) is 17.6. The maximum atomic E-state index is 12.8. The zero-order valence-electron chi connectivity index (χ0n) is 14.3. The molecule has 0 saturated carbocycles. The highest BCUT2D eigenvalue weighted by atomic mass is 35.5. The second kappa shape index (κ2) is 7.06. The molecule has 1 aliphatic rings. The van der Waals surface area contributed by atoms with E-state index in [1.807, 2.05) is 36.4 Å². The summed E-state index contributed by atoms with van der Waals surface area (Å²) in [6.45, 7) is 1.78. The molecule has 2 heterocycles. The number of hydrogen-bond acceptors (Lipinski definition) is 3. The van der Waals surface area contributed by atoms with Crippen molar-refractivity contribution in [1.82, 2.24) is 0 Å². The maximum Gasteiger partial charge on any atom is 0.280 e. The van der Waals surface area contributed by atoms with Gasteiger partial charge in [0.05, 0.1) is 22.0 Å². The highest BCUT2D eigenvalue weighted by Gasteiger charge is 2.30. The third kappa shape index (κ3) is 3.42. The molecular weight excluding hydrogens is 383 g/mol. The van der Waals surface area contributed by atoms with E-state index in [1.165, 1.54) is 5.01 Å². The predicted octanol–water partition coefficient (Wildman–Crippen LogP) is 6.06. The highest BCUT2D eigenvalue weighted by Crippen LogP contribution is 2.31. The number of carbonyl (C=O) groups is 1. The van der Waals surface area contributed by atoms with E-state index < -0.39 is 0 Å². The molecule has 1 aliphatic heterocycles. The van der Waals surface area contributed by atoms with Gasteiger partial charge >= 0.3 is 0 Å². The van der Waals surface area contributed by atoms with Gasteiger partial charge in [0.15, 0.2) is 0 Å². The Bertz CT molecular complexity index is 1100. The second-order valence-electron chi connectivity index (χ2n) is 6.02. The Morgan fingerprint density at radius 1 is 1.04 bits per heavy atom. The molecule has 0 unspecified atom stereocenters. The molecule has 2 aromatic carbocycles. The lowest BCUT2D eigenvalue weighted by atomic mass is 10.1. The summed E-state index contributed by atoms with van der Waals surface area (Å²) in [5, 5.41) is 6.75. The number of anilines is 1. The molecule has 134 valence electrons. The lowest BCUT2D eigenvalue weighted by Crippen LogP contribution is -2.21. The topological polar surface area (TPSA) is 45.8 Å². The van der Waals surface area contributed by atoms with Crippen molar-refractivity contribution >= 4 is 46.6 Å². The van der Waals surface area contributed by atoms with Gasteiger partial charge in [-0.05, 0) is 49.4 Å². The fraction of sp³-hybridized carbons (Fsp3) is 0.0476. The van der Waals surface area contributed by atoms with Gasteiger partial charge in [0.25, 0.3) is 5.91 Å². The van der Waals surface area contributed by atoms with Gasteiger partial charge in [-0.15, -0.1) is 0 Å². The average molecular weight is 397 g/mol. The van der Waals surface area contributed by atoms with Gasteiger partial charge in [0.2, 0.25) is 0 Å². The smallest absolute Gasteiger partial charge is 0.280 e. The van der Waals surface area contributed by atoms with Crippen molar-refractivity contribution in [3.05, 3.63) is 82.0 Å². The molecule has 4 nitrogen and oxygen atoms in total. The van der Waals surface area contributed by atoms with Gasteiger partial charge in [0, 0.05) is 10.6 Å². The number of para-hydroxylation sites is 1. The Morgan fingerprint density at radius 3 is 2.63 bits per heavy atom. The molecule has 0 atom stereocenters. The minimum atomic E-state index is -0.249. The van der Waals surface area contributed by atoms with E-state index in [0.29, 0.717) is 38.5 Å². The van der Waals surface area contributed by atoms with Crippen LogP contribution < -0.4 is 5.01 Å². The second-order valence-corrected chi connectivity index (χ2v) is 6.87. The Balaban J connectivity index is 1.65. The van der Waals surface area contributed by atoms with E-state index in [1.54, 1.807) is 37.3 Å². The van der Waals surface area contributed by atoms with Gasteiger partial charge in [-0.2, -0.15) is 10.1 Å². The van der Waals surface area contributed by atoms with Crippen molar-refractivity contribution in [3.8, 4) is 11.3 Å². The normalized spacial score (nSPS) is 15.5. The molecule has 1 amide bonds. The summed E-state index contributed by atoms with van der Waals surface area (Å²) < 4.78 is 5.86. The van der Waals surface area contributed by atoms with Gasteiger partial charge in [-0.1, -0.05) is 47.5 Å². The van der Waals surface area contributed by atoms with Gasteiger partial charge < -0.3 is 4.42 Å². The van der Waals surface area contributed by atoms with Crippen LogP contribution in [0.1, 0.15) is 12.7 Å². The summed E-state index contributed by atoms with van der Waals surface area (Å²) in [6, 6.07) is 18.1. The summed E-state index contributed by atoms with van der Waals surface area (Å²) >= 11 is 12.2. The lowest BCUT2D eigenvalue weighted by Gasteiger charge is -2.12. The Labute approximate surface area is 166 Å². The van der Waals surface area contributed by atoms with Crippen LogP contribution in [0.25, 0.3) is 17.4 Å². The summed E-state index contributed by atoms with van der Waals surface area (Å²) in [6.07, 6.45) is 1.69. The molecule has 6 heteroatoms. The first-order valence-corrected chi connectivity index (χ1v) is 9.00. The minimum Gasteiger partial charge on any atom is -0.457 e. The SMILES string of the molecule is CC1=NN(c2ccccc2Cl)C(=O)/C1=C\c1ccc(-c2cccc(Cl)c2)o1. The van der Waals surface area contributed by atoms with Gasteiger partial charge in [0.1, 0.15) is 11.5 Å². The molecule has 0 bridgehead atoms. The van der Waals surface area contributed by atoms with E-state index in [-0.39, 0.29) is 5.91 Å². The number of halogens is 2. The van der Waals surface area contributed by atoms with Crippen LogP contribution in [0.5, 0.6) is 0 Å². The molecule has 0 N–H and O–H groups in total. The predicted molar refractivity (Wildman–Crippen MR) is 109 cm³/mol. The fourth-order valence-electron chi connectivity index (χ4n) is 2.84. The molecule has 1 aromatic heterocycles. The zero-order valence-corrected chi connectivity index (χ0v) is 15.8. The van der Waals surface area contributed by atoms with Crippen molar-refractivity contribution in [2.45, 2.75) is 6.92 Å². The fourth-order valence-corrected chi connectivity index (χ4v) is 3.25. The van der Waals surface area contributed by atoms with E-state index in [2.05, 4.69) is 5.10 Å². The van der Waals surface area contributed by atoms with E-state index in [4.69, 9.17) is 27.6 Å². The van der Waals surface area contributed by atoms with Crippen molar-refractivity contribution in [3.63, 3.8) is 0 Å². The van der Waals surface area contributed by atoms with Crippen LogP contribution >= 0.6 is 23.2 Å². The van der Waals surface area contributed by atoms with Crippen LogP contribution in [-0.2, 0) is 4.79 Å². The molecule has 0 radical (unpaired) electrons. The van der Waals surface area contributed by atoms with Crippen LogP contribution in [0.15, 0.2) is 75.8 Å². The standard InChI is InChI=1S/C21H14Cl2N2O2/c1-13-17(21(26)25(24-13)19-8-3-2-7-18(19)23)12-16-9-10-20(27-16)14-5-4-6-15(22)11-14/h2-12H,1H3/b17-12-. The average Bonchev–Trinajstić information content (AvgIpc) is 3.23. The van der Waals surface area contributed by atoms with E-state index in [9.17, 15) is 4.79 Å². The first-order valence-electron chi connectivity index (χ1n) is 8.25. The third-order valence-electron chi connectivity index (χ3n) is 4.17. The Morgan fingerprint density at radius 2 is 1.85 bits per heavy atom. The van der Waals surface area contributed by atoms with Gasteiger partial charge in [-0.25, -0.2) is 0 Å². The summed E-state index contributed by atoms with van der Waals surface area (Å²) in [4.78, 5) is 12.8. The van der Waals surface area contributed by atoms with Crippen LogP contribution in [0.4, 0.5) is 5.69 Å². The molecule has 0 aliphatic carbocycles. The maximum absolute atomic E-state index is 12.8. The van der Waals surface area contributed by atoms with Crippen molar-refractivity contribution in [2.75, 3.05) is 5.01 Å². The van der Waals surface area contributed by atoms with Crippen molar-refractivity contribution in [1.29, 1.82) is 0 Å². The largest absolute Gasteiger partial charge is 0.457 e. The zero-order chi connectivity index (χ0) is 19.0. The van der Waals surface area contributed by atoms with Crippen molar-refractivity contribution < 1.29 is 9.21 Å². The van der Waals surface area contributed by atoms with Gasteiger partial charge in [-0.3, -0.25) is 4.79 Å². The van der Waals surface area contributed by atoms with Crippen LogP contribution in [-0.4, -0.2) is 11.6 Å². The van der Waals surface area contributed by atoms with Crippen LogP contribution in [0.3, 0.4) is 0 Å². The summed E-state index contributed by atoms with van der Waals surface area (Å²) in [7, 11) is 0. The number of furan rings is 1. The molecule has 27 heavy (non-hydrogen) atoms. The van der Waals surface area contributed by atoms with E-state index >= 15 is 0 Å². The number of hydrazone groups is 1. The van der Waals surface area contributed by atoms with Crippen LogP contribution in [0.2, 0.25) is 10.0 Å². The molecule has 0 saturated heterocycles. The highest BCUT2D eigenvalue weighted by molar-refractivity contribution is 6.37.